The van der Waals surface area contributed by atoms with Crippen LogP contribution in [0.25, 0.3) is 111 Å². The zero-order valence-corrected chi connectivity index (χ0v) is 38.5. The minimum Gasteiger partial charge on any atom is -0.256 e. The van der Waals surface area contributed by atoms with Crippen molar-refractivity contribution in [3.05, 3.63) is 277 Å². The zero-order chi connectivity index (χ0) is 46.9. The first-order valence-electron chi connectivity index (χ1n) is 24.2. The van der Waals surface area contributed by atoms with Crippen molar-refractivity contribution in [1.82, 2.24) is 19.9 Å². The van der Waals surface area contributed by atoms with Gasteiger partial charge in [0.25, 0.3) is 0 Å². The Bertz CT molecular complexity index is 4170. The maximum atomic E-state index is 5.56. The van der Waals surface area contributed by atoms with Crippen LogP contribution in [0.1, 0.15) is 22.3 Å². The van der Waals surface area contributed by atoms with Crippen LogP contribution in [0.4, 0.5) is 0 Å². The molecule has 0 unspecified atom stereocenters. The lowest BCUT2D eigenvalue weighted by Crippen LogP contribution is -2.28. The summed E-state index contributed by atoms with van der Waals surface area (Å²) in [6.07, 6.45) is 1.86. The van der Waals surface area contributed by atoms with Crippen LogP contribution < -0.4 is 0 Å². The highest BCUT2D eigenvalue weighted by molar-refractivity contribution is 6.33. The molecule has 11 aromatic carbocycles. The lowest BCUT2D eigenvalue weighted by Gasteiger charge is -2.33. The van der Waals surface area contributed by atoms with Gasteiger partial charge in [-0.2, -0.15) is 0 Å². The zero-order valence-electron chi connectivity index (χ0n) is 38.5. The summed E-state index contributed by atoms with van der Waals surface area (Å²) in [6.45, 7) is 0. The number of nitrogens with zero attached hydrogens (tertiary/aromatic N) is 4. The van der Waals surface area contributed by atoms with Crippen LogP contribution in [-0.4, -0.2) is 19.9 Å². The van der Waals surface area contributed by atoms with Crippen LogP contribution in [-0.2, 0) is 5.41 Å². The molecule has 0 N–H and O–H groups in total. The van der Waals surface area contributed by atoms with Gasteiger partial charge in [-0.25, -0.2) is 15.0 Å². The van der Waals surface area contributed by atoms with E-state index in [9.17, 15) is 0 Å². The lowest BCUT2D eigenvalue weighted by molar-refractivity contribution is 0.768. The molecule has 2 heterocycles. The van der Waals surface area contributed by atoms with Crippen molar-refractivity contribution < 1.29 is 0 Å². The first-order chi connectivity index (χ1) is 35.2. The van der Waals surface area contributed by atoms with E-state index >= 15 is 0 Å². The standard InChI is InChI=1S/C67H42N4/c1-4-21-43(22-5-1)64-69-65(71-66(70-64)56-34-20-36-60-63(56)55-33-16-17-35-59(55)67(60,47-23-6-2-7-24-47)48-25-8-3-9-26-48)46-40-44(39-45(41-46)61-37-18-19-38-68-61)57-42-58-51-29-11-10-27-49(51)50-28-12-14-31-53(50)62(58)54-32-15-13-30-52(54)57/h1-42H. The number of rotatable bonds is 7. The molecule has 4 heteroatoms. The minimum atomic E-state index is -0.575. The van der Waals surface area contributed by atoms with Gasteiger partial charge in [0, 0.05) is 28.5 Å². The van der Waals surface area contributed by atoms with E-state index in [1.807, 2.05) is 36.5 Å². The van der Waals surface area contributed by atoms with Gasteiger partial charge in [-0.3, -0.25) is 4.98 Å². The third-order valence-electron chi connectivity index (χ3n) is 14.6. The van der Waals surface area contributed by atoms with E-state index in [4.69, 9.17) is 19.9 Å². The Morgan fingerprint density at radius 1 is 0.282 bits per heavy atom. The number of hydrogen-bond acceptors (Lipinski definition) is 4. The number of benzene rings is 11. The van der Waals surface area contributed by atoms with Crippen LogP contribution in [0, 0.1) is 0 Å². The first-order valence-corrected chi connectivity index (χ1v) is 24.2. The highest BCUT2D eigenvalue weighted by Crippen LogP contribution is 2.58. The molecule has 0 spiro atoms. The monoisotopic (exact) mass is 902 g/mol. The van der Waals surface area contributed by atoms with Crippen LogP contribution in [0.2, 0.25) is 0 Å². The van der Waals surface area contributed by atoms with Crippen molar-refractivity contribution >= 4 is 43.1 Å². The molecule has 0 bridgehead atoms. The van der Waals surface area contributed by atoms with E-state index in [0.29, 0.717) is 17.5 Å². The van der Waals surface area contributed by atoms with Crippen molar-refractivity contribution in [2.24, 2.45) is 0 Å². The molecule has 0 amide bonds. The lowest BCUT2D eigenvalue weighted by atomic mass is 9.67. The van der Waals surface area contributed by atoms with Crippen LogP contribution in [0.15, 0.2) is 255 Å². The molecular formula is C67H42N4. The van der Waals surface area contributed by atoms with Gasteiger partial charge < -0.3 is 0 Å². The molecule has 71 heavy (non-hydrogen) atoms. The van der Waals surface area contributed by atoms with Gasteiger partial charge >= 0.3 is 0 Å². The third-order valence-corrected chi connectivity index (χ3v) is 14.6. The quantitative estimate of drug-likeness (QED) is 0.150. The fraction of sp³-hybridized carbons (Fsp3) is 0.0149. The molecule has 330 valence electrons. The fourth-order valence-electron chi connectivity index (χ4n) is 11.6. The normalized spacial score (nSPS) is 12.6. The summed E-state index contributed by atoms with van der Waals surface area (Å²) in [7, 11) is 0. The molecule has 0 saturated heterocycles. The Labute approximate surface area is 411 Å². The molecule has 14 rings (SSSR count). The number of fused-ring (bicyclic) bond motifs is 11. The molecule has 0 saturated carbocycles. The second-order valence-corrected chi connectivity index (χ2v) is 18.4. The molecular weight excluding hydrogens is 861 g/mol. The Morgan fingerprint density at radius 2 is 0.775 bits per heavy atom. The SMILES string of the molecule is c1ccc(-c2nc(-c3cc(-c4ccccn4)cc(-c4cc5c6ccccc6c6ccccc6c5c5ccccc45)c3)nc(-c3cccc4c3-c3ccccc3C4(c3ccccc3)c3ccccc3)n2)cc1. The Balaban J connectivity index is 1.05. The van der Waals surface area contributed by atoms with Gasteiger partial charge in [0.05, 0.1) is 11.1 Å². The predicted octanol–water partition coefficient (Wildman–Crippen LogP) is 16.6. The Kier molecular flexibility index (Phi) is 9.39. The Morgan fingerprint density at radius 3 is 1.46 bits per heavy atom. The van der Waals surface area contributed by atoms with Crippen molar-refractivity contribution in [1.29, 1.82) is 0 Å². The van der Waals surface area contributed by atoms with Crippen molar-refractivity contribution in [3.8, 4) is 67.7 Å². The molecule has 2 aromatic heterocycles. The van der Waals surface area contributed by atoms with E-state index in [1.165, 1.54) is 65.3 Å². The molecule has 4 nitrogen and oxygen atoms in total. The summed E-state index contributed by atoms with van der Waals surface area (Å²) in [5.41, 5.74) is 13.3. The summed E-state index contributed by atoms with van der Waals surface area (Å²) in [6, 6.07) is 89.3. The largest absolute Gasteiger partial charge is 0.256 e. The van der Waals surface area contributed by atoms with E-state index in [0.717, 1.165) is 50.2 Å². The van der Waals surface area contributed by atoms with Crippen molar-refractivity contribution in [2.75, 3.05) is 0 Å². The summed E-state index contributed by atoms with van der Waals surface area (Å²) in [5.74, 6) is 1.79. The van der Waals surface area contributed by atoms with E-state index < -0.39 is 5.41 Å². The smallest absolute Gasteiger partial charge is 0.164 e. The maximum Gasteiger partial charge on any atom is 0.164 e. The first kappa shape index (κ1) is 40.7. The minimum absolute atomic E-state index is 0.575. The van der Waals surface area contributed by atoms with E-state index in [2.05, 4.69) is 218 Å². The van der Waals surface area contributed by atoms with Gasteiger partial charge in [0.1, 0.15) is 0 Å². The summed E-state index contributed by atoms with van der Waals surface area (Å²) < 4.78 is 0. The van der Waals surface area contributed by atoms with Crippen LogP contribution in [0.3, 0.4) is 0 Å². The van der Waals surface area contributed by atoms with Crippen LogP contribution >= 0.6 is 0 Å². The molecule has 0 aliphatic heterocycles. The molecule has 1 aliphatic rings. The molecule has 1 aliphatic carbocycles. The average molecular weight is 903 g/mol. The van der Waals surface area contributed by atoms with Gasteiger partial charge in [-0.15, -0.1) is 0 Å². The maximum absolute atomic E-state index is 5.56. The van der Waals surface area contributed by atoms with Gasteiger partial charge in [-0.05, 0) is 124 Å². The van der Waals surface area contributed by atoms with E-state index in [1.54, 1.807) is 0 Å². The third kappa shape index (κ3) is 6.39. The second-order valence-electron chi connectivity index (χ2n) is 18.4. The molecule has 0 fully saturated rings. The van der Waals surface area contributed by atoms with Crippen LogP contribution in [0.5, 0.6) is 0 Å². The highest BCUT2D eigenvalue weighted by Gasteiger charge is 2.47. The summed E-state index contributed by atoms with van der Waals surface area (Å²) in [4.78, 5) is 21.2. The summed E-state index contributed by atoms with van der Waals surface area (Å²) in [5, 5.41) is 9.83. The van der Waals surface area contributed by atoms with Gasteiger partial charge in [0.15, 0.2) is 17.5 Å². The number of hydrogen-bond donors (Lipinski definition) is 0. The molecule has 13 aromatic rings. The highest BCUT2D eigenvalue weighted by atomic mass is 15.0. The van der Waals surface area contributed by atoms with Gasteiger partial charge in [0.2, 0.25) is 0 Å². The fourth-order valence-corrected chi connectivity index (χ4v) is 11.6. The second kappa shape index (κ2) is 16.4. The van der Waals surface area contributed by atoms with Crippen molar-refractivity contribution in [2.45, 2.75) is 5.41 Å². The van der Waals surface area contributed by atoms with Gasteiger partial charge in [-0.1, -0.05) is 212 Å². The topological polar surface area (TPSA) is 51.6 Å². The predicted molar refractivity (Wildman–Crippen MR) is 292 cm³/mol. The summed E-state index contributed by atoms with van der Waals surface area (Å²) >= 11 is 0. The molecule has 0 radical (unpaired) electrons. The van der Waals surface area contributed by atoms with E-state index in [-0.39, 0.29) is 0 Å². The molecule has 0 atom stereocenters. The van der Waals surface area contributed by atoms with Crippen molar-refractivity contribution in [3.63, 3.8) is 0 Å². The average Bonchev–Trinajstić information content (AvgIpc) is 3.77. The Hall–Kier alpha value is -9.38. The number of pyridine rings is 1. The number of aromatic nitrogens is 4.